The Morgan fingerprint density at radius 1 is 0.882 bits per heavy atom. The molecule has 170 valence electrons. The van der Waals surface area contributed by atoms with E-state index in [4.69, 9.17) is 33.7 Å². The Bertz CT molecular complexity index is 1330. The maximum absolute atomic E-state index is 11.1. The minimum atomic E-state index is -0.936. The lowest BCUT2D eigenvalue weighted by Gasteiger charge is -2.20. The number of aryl methyl sites for hydroxylation is 1. The summed E-state index contributed by atoms with van der Waals surface area (Å²) in [5.41, 5.74) is 7.16. The van der Waals surface area contributed by atoms with Gasteiger partial charge in [-0.05, 0) is 59.0 Å². The van der Waals surface area contributed by atoms with Gasteiger partial charge in [-0.3, -0.25) is 5.41 Å². The van der Waals surface area contributed by atoms with Gasteiger partial charge in [0.2, 0.25) is 0 Å². The van der Waals surface area contributed by atoms with Gasteiger partial charge in [-0.2, -0.15) is 0 Å². The van der Waals surface area contributed by atoms with E-state index < -0.39 is 5.97 Å². The second-order valence-corrected chi connectivity index (χ2v) is 8.92. The molecule has 0 saturated heterocycles. The first-order chi connectivity index (χ1) is 16.3. The summed E-state index contributed by atoms with van der Waals surface area (Å²) in [5, 5.41) is 16.3. The van der Waals surface area contributed by atoms with Crippen LogP contribution in [0.25, 0.3) is 11.1 Å². The molecule has 34 heavy (non-hydrogen) atoms. The number of hydrogen-bond acceptors (Lipinski definition) is 2. The maximum atomic E-state index is 11.1. The van der Waals surface area contributed by atoms with Gasteiger partial charge in [-0.15, -0.1) is 0 Å². The van der Waals surface area contributed by atoms with Crippen LogP contribution in [0.3, 0.4) is 0 Å². The van der Waals surface area contributed by atoms with E-state index in [9.17, 15) is 4.79 Å². The average molecular weight is 490 g/mol. The highest BCUT2D eigenvalue weighted by Gasteiger charge is 2.22. The van der Waals surface area contributed by atoms with E-state index in [0.717, 1.165) is 22.3 Å². The van der Waals surface area contributed by atoms with Crippen LogP contribution < -0.4 is 5.41 Å². The van der Waals surface area contributed by atoms with Gasteiger partial charge in [0.05, 0.1) is 5.56 Å². The average Bonchev–Trinajstić information content (AvgIpc) is 2.82. The number of benzene rings is 3. The van der Waals surface area contributed by atoms with Crippen LogP contribution in [-0.4, -0.2) is 21.8 Å². The van der Waals surface area contributed by atoms with Gasteiger partial charge >= 0.3 is 5.97 Å². The highest BCUT2D eigenvalue weighted by atomic mass is 35.5. The molecule has 4 aromatic rings. The summed E-state index contributed by atoms with van der Waals surface area (Å²) in [5.74, 6) is -0.913. The van der Waals surface area contributed by atoms with Crippen molar-refractivity contribution in [2.45, 2.75) is 19.3 Å². The first-order valence-corrected chi connectivity index (χ1v) is 11.5. The van der Waals surface area contributed by atoms with E-state index in [1.807, 2.05) is 36.4 Å². The standard InChI is InChI=1S/C28H22Cl2N2O2/c1-17-4-2-3-5-23(17)24(16-25(31)22-14-26(29)32-27(30)15-22)20-10-6-18(7-11-20)19-8-12-21(13-9-19)28(33)34/h2-15,24,31H,16H2,1H3,(H,33,34)/p+1/t24-/m1/s1. The predicted octanol–water partition coefficient (Wildman–Crippen LogP) is 5.83. The molecule has 0 radical (unpaired) electrons. The molecule has 1 atom stereocenters. The Morgan fingerprint density at radius 3 is 2.00 bits per heavy atom. The van der Waals surface area contributed by atoms with Gasteiger partial charge in [0, 0.05) is 17.9 Å². The second-order valence-electron chi connectivity index (χ2n) is 8.14. The minimum absolute atomic E-state index is 0.0235. The molecule has 1 aromatic heterocycles. The summed E-state index contributed by atoms with van der Waals surface area (Å²) in [6.45, 7) is 2.09. The van der Waals surface area contributed by atoms with Crippen LogP contribution >= 0.6 is 23.2 Å². The zero-order valence-electron chi connectivity index (χ0n) is 18.5. The zero-order valence-corrected chi connectivity index (χ0v) is 20.0. The molecule has 0 fully saturated rings. The third-order valence-electron chi connectivity index (χ3n) is 5.90. The number of carboxylic acids is 1. The van der Waals surface area contributed by atoms with Gasteiger partial charge in [0.25, 0.3) is 0 Å². The normalized spacial score (nSPS) is 11.7. The fourth-order valence-corrected chi connectivity index (χ4v) is 4.55. The van der Waals surface area contributed by atoms with Gasteiger partial charge in [-0.1, -0.05) is 83.9 Å². The van der Waals surface area contributed by atoms with E-state index in [1.54, 1.807) is 24.3 Å². The number of nitrogens with two attached hydrogens (primary N) is 1. The van der Waals surface area contributed by atoms with Crippen LogP contribution in [0.5, 0.6) is 0 Å². The lowest BCUT2D eigenvalue weighted by Crippen LogP contribution is -2.41. The predicted molar refractivity (Wildman–Crippen MR) is 137 cm³/mol. The molecule has 0 aliphatic carbocycles. The van der Waals surface area contributed by atoms with Crippen molar-refractivity contribution in [3.05, 3.63) is 123 Å². The molecule has 0 aliphatic heterocycles. The highest BCUT2D eigenvalue weighted by Crippen LogP contribution is 2.33. The summed E-state index contributed by atoms with van der Waals surface area (Å²) >= 11 is 12.2. The molecule has 0 spiro atoms. The second kappa shape index (κ2) is 10.2. The third-order valence-corrected chi connectivity index (χ3v) is 6.29. The quantitative estimate of drug-likeness (QED) is 0.253. The van der Waals surface area contributed by atoms with Crippen molar-refractivity contribution >= 4 is 34.9 Å². The molecule has 0 unspecified atom stereocenters. The summed E-state index contributed by atoms with van der Waals surface area (Å²) in [7, 11) is 0. The summed E-state index contributed by atoms with van der Waals surface area (Å²) in [4.78, 5) is 15.1. The molecular weight excluding hydrogens is 467 g/mol. The van der Waals surface area contributed by atoms with Gasteiger partial charge < -0.3 is 5.11 Å². The van der Waals surface area contributed by atoms with Crippen LogP contribution in [0.4, 0.5) is 0 Å². The van der Waals surface area contributed by atoms with Crippen molar-refractivity contribution < 1.29 is 15.3 Å². The largest absolute Gasteiger partial charge is 0.478 e. The fourth-order valence-electron chi connectivity index (χ4n) is 4.09. The number of carbonyl (C=O) groups is 1. The van der Waals surface area contributed by atoms with Crippen molar-refractivity contribution in [2.75, 3.05) is 0 Å². The van der Waals surface area contributed by atoms with Crippen molar-refractivity contribution in [3.63, 3.8) is 0 Å². The Balaban J connectivity index is 1.67. The monoisotopic (exact) mass is 489 g/mol. The third kappa shape index (κ3) is 5.36. The molecule has 0 amide bonds. The topological polar surface area (TPSA) is 75.8 Å². The first kappa shape index (κ1) is 23.7. The molecule has 4 nitrogen and oxygen atoms in total. The van der Waals surface area contributed by atoms with E-state index in [1.165, 1.54) is 11.1 Å². The Morgan fingerprint density at radius 2 is 1.44 bits per heavy atom. The SMILES string of the molecule is Cc1ccccc1[C@H](CC(=[NH2+])c1cc(Cl)nc(Cl)c1)c1ccc(-c2ccc(C(=O)O)cc2)cc1. The van der Waals surface area contributed by atoms with Crippen LogP contribution in [0, 0.1) is 6.92 Å². The van der Waals surface area contributed by atoms with Crippen molar-refractivity contribution in [1.82, 2.24) is 4.98 Å². The molecule has 4 rings (SSSR count). The Labute approximate surface area is 208 Å². The summed E-state index contributed by atoms with van der Waals surface area (Å²) in [6, 6.07) is 26.9. The number of pyridine rings is 1. The van der Waals surface area contributed by atoms with E-state index in [-0.39, 0.29) is 11.5 Å². The van der Waals surface area contributed by atoms with E-state index in [2.05, 4.69) is 36.2 Å². The fraction of sp³-hybridized carbons (Fsp3) is 0.107. The van der Waals surface area contributed by atoms with Gasteiger partial charge in [0.1, 0.15) is 10.3 Å². The van der Waals surface area contributed by atoms with Gasteiger partial charge in [-0.25, -0.2) is 9.78 Å². The van der Waals surface area contributed by atoms with Crippen molar-refractivity contribution in [3.8, 4) is 11.1 Å². The summed E-state index contributed by atoms with van der Waals surface area (Å²) in [6.07, 6.45) is 0.578. The molecular formula is C28H23Cl2N2O2+. The molecule has 0 saturated carbocycles. The Kier molecular flexibility index (Phi) is 7.11. The zero-order chi connectivity index (χ0) is 24.2. The van der Waals surface area contributed by atoms with E-state index in [0.29, 0.717) is 22.4 Å². The molecule has 1 heterocycles. The number of hydrogen-bond donors (Lipinski definition) is 2. The van der Waals surface area contributed by atoms with Crippen LogP contribution in [0.2, 0.25) is 10.3 Å². The number of halogens is 2. The first-order valence-electron chi connectivity index (χ1n) is 10.8. The highest BCUT2D eigenvalue weighted by molar-refractivity contribution is 6.33. The number of carboxylic acid groups (broad SMARTS) is 1. The van der Waals surface area contributed by atoms with Crippen molar-refractivity contribution in [2.24, 2.45) is 0 Å². The number of nitrogens with zero attached hydrogens (tertiary/aromatic N) is 1. The van der Waals surface area contributed by atoms with E-state index >= 15 is 0 Å². The van der Waals surface area contributed by atoms with Crippen LogP contribution in [-0.2, 0) is 0 Å². The van der Waals surface area contributed by atoms with Gasteiger partial charge in [0.15, 0.2) is 5.71 Å². The Hall–Kier alpha value is -3.47. The van der Waals surface area contributed by atoms with Crippen molar-refractivity contribution in [1.29, 1.82) is 0 Å². The minimum Gasteiger partial charge on any atom is -0.478 e. The number of rotatable bonds is 7. The lowest BCUT2D eigenvalue weighted by atomic mass is 9.83. The molecule has 0 aliphatic rings. The number of aromatic carboxylic acids is 1. The van der Waals surface area contributed by atoms with Crippen LogP contribution in [0.1, 0.15) is 45.0 Å². The number of aromatic nitrogens is 1. The smallest absolute Gasteiger partial charge is 0.335 e. The maximum Gasteiger partial charge on any atom is 0.335 e. The molecule has 3 aromatic carbocycles. The van der Waals surface area contributed by atoms with Crippen LogP contribution in [0.15, 0.2) is 84.9 Å². The summed E-state index contributed by atoms with van der Waals surface area (Å²) < 4.78 is 0. The molecule has 3 N–H and O–H groups in total. The molecule has 0 bridgehead atoms. The lowest BCUT2D eigenvalue weighted by molar-refractivity contribution is -0.115. The molecule has 6 heteroatoms.